The number of hydrogen-bond donors (Lipinski definition) is 2. The molecule has 0 bridgehead atoms. The molecule has 6 nitrogen and oxygen atoms in total. The molecule has 2 aromatic rings. The molecule has 0 fully saturated rings. The summed E-state index contributed by atoms with van der Waals surface area (Å²) >= 11 is 0. The van der Waals surface area contributed by atoms with Crippen LogP contribution in [-0.4, -0.2) is 22.9 Å². The Kier molecular flexibility index (Phi) is 2.92. The zero-order valence-electron chi connectivity index (χ0n) is 9.11. The second-order valence-electron chi connectivity index (χ2n) is 3.31. The summed E-state index contributed by atoms with van der Waals surface area (Å²) in [4.78, 5) is 11.4. The van der Waals surface area contributed by atoms with Crippen LogP contribution >= 0.6 is 0 Å². The first-order chi connectivity index (χ1) is 8.13. The van der Waals surface area contributed by atoms with Gasteiger partial charge in [0.1, 0.15) is 5.82 Å². The SMILES string of the molecule is CCOC(=O)N(N)c1n[nH]c2ccc(F)cc12. The Hall–Kier alpha value is -2.15. The van der Waals surface area contributed by atoms with Crippen LogP contribution in [0.3, 0.4) is 0 Å². The summed E-state index contributed by atoms with van der Waals surface area (Å²) in [6.45, 7) is 1.86. The highest BCUT2D eigenvalue weighted by Crippen LogP contribution is 2.23. The van der Waals surface area contributed by atoms with Crippen LogP contribution in [0.5, 0.6) is 0 Å². The van der Waals surface area contributed by atoms with Gasteiger partial charge in [-0.25, -0.2) is 15.0 Å². The van der Waals surface area contributed by atoms with E-state index in [2.05, 4.69) is 10.2 Å². The van der Waals surface area contributed by atoms with E-state index in [0.29, 0.717) is 10.9 Å². The van der Waals surface area contributed by atoms with Crippen molar-refractivity contribution in [1.82, 2.24) is 10.2 Å². The number of nitrogens with one attached hydrogen (secondary N) is 1. The summed E-state index contributed by atoms with van der Waals surface area (Å²) in [7, 11) is 0. The smallest absolute Gasteiger partial charge is 0.430 e. The van der Waals surface area contributed by atoms with Crippen molar-refractivity contribution in [3.8, 4) is 0 Å². The summed E-state index contributed by atoms with van der Waals surface area (Å²) in [5, 5.41) is 7.65. The molecule has 0 unspecified atom stereocenters. The van der Waals surface area contributed by atoms with Gasteiger partial charge in [-0.05, 0) is 25.1 Å². The molecular formula is C10H11FN4O2. The minimum absolute atomic E-state index is 0.123. The fraction of sp³-hybridized carbons (Fsp3) is 0.200. The first-order valence-electron chi connectivity index (χ1n) is 4.98. The van der Waals surface area contributed by atoms with Gasteiger partial charge in [0.2, 0.25) is 0 Å². The maximum Gasteiger partial charge on any atom is 0.430 e. The van der Waals surface area contributed by atoms with Crippen LogP contribution in [0.2, 0.25) is 0 Å². The Balaban J connectivity index is 2.41. The van der Waals surface area contributed by atoms with Crippen LogP contribution in [-0.2, 0) is 4.74 Å². The number of H-pyrrole nitrogens is 1. The van der Waals surface area contributed by atoms with Gasteiger partial charge < -0.3 is 4.74 Å². The molecule has 0 saturated heterocycles. The van der Waals surface area contributed by atoms with Crippen LogP contribution in [0.15, 0.2) is 18.2 Å². The molecule has 0 radical (unpaired) electrons. The highest BCUT2D eigenvalue weighted by Gasteiger charge is 2.18. The summed E-state index contributed by atoms with van der Waals surface area (Å²) in [5.41, 5.74) is 0.584. The number of halogens is 1. The van der Waals surface area contributed by atoms with E-state index >= 15 is 0 Å². The van der Waals surface area contributed by atoms with Gasteiger partial charge in [-0.2, -0.15) is 10.1 Å². The zero-order chi connectivity index (χ0) is 12.4. The first kappa shape index (κ1) is 11.3. The largest absolute Gasteiger partial charge is 0.448 e. The number of rotatable bonds is 2. The van der Waals surface area contributed by atoms with Crippen molar-refractivity contribution in [1.29, 1.82) is 0 Å². The van der Waals surface area contributed by atoms with E-state index in [4.69, 9.17) is 10.6 Å². The molecule has 7 heteroatoms. The monoisotopic (exact) mass is 238 g/mol. The Morgan fingerprint density at radius 2 is 2.41 bits per heavy atom. The number of aromatic amines is 1. The zero-order valence-corrected chi connectivity index (χ0v) is 9.11. The standard InChI is InChI=1S/C10H11FN4O2/c1-2-17-10(16)15(12)9-7-5-6(11)3-4-8(7)13-14-9/h3-5H,2,12H2,1H3,(H,13,14). The van der Waals surface area contributed by atoms with Crippen LogP contribution in [0.25, 0.3) is 10.9 Å². The van der Waals surface area contributed by atoms with Crippen LogP contribution in [0, 0.1) is 5.82 Å². The number of carbonyl (C=O) groups excluding carboxylic acids is 1. The van der Waals surface area contributed by atoms with E-state index in [1.807, 2.05) is 0 Å². The van der Waals surface area contributed by atoms with Crippen LogP contribution in [0.1, 0.15) is 6.92 Å². The van der Waals surface area contributed by atoms with E-state index in [0.717, 1.165) is 5.01 Å². The molecule has 2 rings (SSSR count). The molecular weight excluding hydrogens is 227 g/mol. The van der Waals surface area contributed by atoms with Gasteiger partial charge in [0, 0.05) is 5.39 Å². The maximum absolute atomic E-state index is 13.1. The second kappa shape index (κ2) is 4.38. The van der Waals surface area contributed by atoms with Crippen LogP contribution < -0.4 is 10.9 Å². The number of nitrogens with zero attached hydrogens (tertiary/aromatic N) is 2. The lowest BCUT2D eigenvalue weighted by molar-refractivity contribution is 0.159. The molecule has 17 heavy (non-hydrogen) atoms. The Bertz CT molecular complexity index is 554. The molecule has 1 heterocycles. The quantitative estimate of drug-likeness (QED) is 0.472. The minimum atomic E-state index is -0.745. The number of aromatic nitrogens is 2. The molecule has 90 valence electrons. The third-order valence-corrected chi connectivity index (χ3v) is 2.20. The van der Waals surface area contributed by atoms with Crippen molar-refractivity contribution in [2.45, 2.75) is 6.92 Å². The number of hydrogen-bond acceptors (Lipinski definition) is 4. The molecule has 1 aromatic heterocycles. The van der Waals surface area contributed by atoms with Gasteiger partial charge in [0.15, 0.2) is 5.82 Å². The highest BCUT2D eigenvalue weighted by molar-refractivity contribution is 5.97. The fourth-order valence-corrected chi connectivity index (χ4v) is 1.44. The van der Waals surface area contributed by atoms with E-state index in [9.17, 15) is 9.18 Å². The number of nitrogens with two attached hydrogens (primary N) is 1. The third-order valence-electron chi connectivity index (χ3n) is 2.20. The molecule has 0 aliphatic heterocycles. The topological polar surface area (TPSA) is 84.2 Å². The number of anilines is 1. The van der Waals surface area contributed by atoms with Crippen molar-refractivity contribution in [2.75, 3.05) is 11.6 Å². The van der Waals surface area contributed by atoms with E-state index < -0.39 is 11.9 Å². The predicted molar refractivity (Wildman–Crippen MR) is 59.7 cm³/mol. The lowest BCUT2D eigenvalue weighted by atomic mass is 10.2. The number of hydrazine groups is 1. The lowest BCUT2D eigenvalue weighted by Crippen LogP contribution is -2.38. The third kappa shape index (κ3) is 2.04. The summed E-state index contributed by atoms with van der Waals surface area (Å²) in [6.07, 6.45) is -0.745. The average Bonchev–Trinajstić information content (AvgIpc) is 2.71. The maximum atomic E-state index is 13.1. The van der Waals surface area contributed by atoms with E-state index in [-0.39, 0.29) is 12.4 Å². The van der Waals surface area contributed by atoms with Gasteiger partial charge in [0.25, 0.3) is 0 Å². The molecule has 3 N–H and O–H groups in total. The van der Waals surface area contributed by atoms with Gasteiger partial charge in [-0.3, -0.25) is 5.10 Å². The Labute approximate surface area is 96.1 Å². The molecule has 0 spiro atoms. The summed E-state index contributed by atoms with van der Waals surface area (Å²) in [5.74, 6) is 5.23. The van der Waals surface area contributed by atoms with Gasteiger partial charge in [0.05, 0.1) is 12.1 Å². The van der Waals surface area contributed by atoms with Gasteiger partial charge >= 0.3 is 6.09 Å². The van der Waals surface area contributed by atoms with Gasteiger partial charge in [-0.1, -0.05) is 0 Å². The first-order valence-corrected chi connectivity index (χ1v) is 4.98. The normalized spacial score (nSPS) is 10.5. The molecule has 0 aliphatic rings. The predicted octanol–water partition coefficient (Wildman–Crippen LogP) is 1.54. The number of fused-ring (bicyclic) bond motifs is 1. The fourth-order valence-electron chi connectivity index (χ4n) is 1.44. The minimum Gasteiger partial charge on any atom is -0.448 e. The average molecular weight is 238 g/mol. The number of benzene rings is 1. The summed E-state index contributed by atoms with van der Waals surface area (Å²) < 4.78 is 17.8. The molecule has 0 atom stereocenters. The van der Waals surface area contributed by atoms with Crippen molar-refractivity contribution in [3.05, 3.63) is 24.0 Å². The number of amides is 1. The van der Waals surface area contributed by atoms with Gasteiger partial charge in [-0.15, -0.1) is 0 Å². The van der Waals surface area contributed by atoms with Crippen molar-refractivity contribution < 1.29 is 13.9 Å². The van der Waals surface area contributed by atoms with Crippen LogP contribution in [0.4, 0.5) is 15.0 Å². The van der Waals surface area contributed by atoms with E-state index in [1.165, 1.54) is 18.2 Å². The van der Waals surface area contributed by atoms with E-state index in [1.54, 1.807) is 6.92 Å². The molecule has 1 aromatic carbocycles. The molecule has 0 saturated carbocycles. The Morgan fingerprint density at radius 3 is 3.12 bits per heavy atom. The lowest BCUT2D eigenvalue weighted by Gasteiger charge is -2.12. The highest BCUT2D eigenvalue weighted by atomic mass is 19.1. The van der Waals surface area contributed by atoms with Crippen molar-refractivity contribution in [2.24, 2.45) is 5.84 Å². The number of carbonyl (C=O) groups is 1. The molecule has 0 aliphatic carbocycles. The summed E-state index contributed by atoms with van der Waals surface area (Å²) in [6, 6.07) is 4.04. The van der Waals surface area contributed by atoms with Crippen molar-refractivity contribution >= 4 is 22.8 Å². The number of ether oxygens (including phenoxy) is 1. The molecule has 1 amide bonds. The Morgan fingerprint density at radius 1 is 1.65 bits per heavy atom. The van der Waals surface area contributed by atoms with Crippen molar-refractivity contribution in [3.63, 3.8) is 0 Å². The second-order valence-corrected chi connectivity index (χ2v) is 3.31.